The summed E-state index contributed by atoms with van der Waals surface area (Å²) in [5.74, 6) is -1.09. The first-order chi connectivity index (χ1) is 13.0. The summed E-state index contributed by atoms with van der Waals surface area (Å²) in [7, 11) is 0. The van der Waals surface area contributed by atoms with Crippen LogP contribution in [-0.4, -0.2) is 29.5 Å². The van der Waals surface area contributed by atoms with E-state index in [0.29, 0.717) is 10.1 Å². The Morgan fingerprint density at radius 1 is 1.07 bits per heavy atom. The maximum Gasteiger partial charge on any atom is 0.338 e. The molecule has 1 aliphatic heterocycles. The number of amides is 1. The van der Waals surface area contributed by atoms with Gasteiger partial charge in [0.15, 0.2) is 6.10 Å². The molecule has 2 aromatic rings. The maximum absolute atomic E-state index is 13.6. The molecule has 2 aromatic carbocycles. The van der Waals surface area contributed by atoms with Crippen LogP contribution in [0.3, 0.4) is 0 Å². The number of benzene rings is 2. The van der Waals surface area contributed by atoms with E-state index in [2.05, 4.69) is 5.32 Å². The van der Waals surface area contributed by atoms with Crippen molar-refractivity contribution in [2.45, 2.75) is 17.6 Å². The van der Waals surface area contributed by atoms with Gasteiger partial charge in [-0.05, 0) is 36.8 Å². The fourth-order valence-corrected chi connectivity index (χ4v) is 5.31. The average Bonchev–Trinajstić information content (AvgIpc) is 3.19. The minimum Gasteiger partial charge on any atom is -0.449 e. The molecule has 0 bridgehead atoms. The highest BCUT2D eigenvalue weighted by molar-refractivity contribution is 8.19. The van der Waals surface area contributed by atoms with E-state index in [1.165, 1.54) is 13.0 Å². The van der Waals surface area contributed by atoms with Crippen LogP contribution in [0.25, 0.3) is 0 Å². The maximum atomic E-state index is 13.6. The van der Waals surface area contributed by atoms with Crippen LogP contribution >= 0.6 is 23.5 Å². The molecule has 0 spiro atoms. The molecule has 1 N–H and O–H groups in total. The monoisotopic (exact) mass is 409 g/mol. The van der Waals surface area contributed by atoms with E-state index in [1.807, 2.05) is 35.7 Å². The molecule has 0 aromatic heterocycles. The van der Waals surface area contributed by atoms with E-state index < -0.39 is 35.3 Å². The molecule has 142 valence electrons. The lowest BCUT2D eigenvalue weighted by Gasteiger charge is -2.15. The minimum absolute atomic E-state index is 0.309. The van der Waals surface area contributed by atoms with Crippen molar-refractivity contribution < 1.29 is 23.1 Å². The third-order valence-electron chi connectivity index (χ3n) is 3.90. The highest BCUT2D eigenvalue weighted by Crippen LogP contribution is 2.45. The molecule has 1 aliphatic rings. The van der Waals surface area contributed by atoms with E-state index in [1.54, 1.807) is 12.1 Å². The molecule has 27 heavy (non-hydrogen) atoms. The average molecular weight is 409 g/mol. The molecule has 1 heterocycles. The number of nitrogens with one attached hydrogen (secondary N) is 1. The molecular formula is C19H17F2NO3S2. The zero-order chi connectivity index (χ0) is 19.4. The first-order valence-electron chi connectivity index (χ1n) is 8.24. The van der Waals surface area contributed by atoms with Gasteiger partial charge in [-0.3, -0.25) is 4.79 Å². The third-order valence-corrected chi connectivity index (χ3v) is 7.01. The Balaban J connectivity index is 1.60. The molecule has 1 saturated heterocycles. The van der Waals surface area contributed by atoms with Crippen LogP contribution in [0.15, 0.2) is 42.5 Å². The number of carbonyl (C=O) groups is 2. The summed E-state index contributed by atoms with van der Waals surface area (Å²) in [5, 5.41) is 2.11. The second kappa shape index (κ2) is 8.75. The van der Waals surface area contributed by atoms with E-state index in [9.17, 15) is 18.4 Å². The minimum atomic E-state index is -1.21. The Morgan fingerprint density at radius 2 is 1.67 bits per heavy atom. The number of ether oxygens (including phenoxy) is 1. The Labute approximate surface area is 164 Å². The molecule has 1 atom stereocenters. The number of thioether (sulfide) groups is 2. The molecule has 3 rings (SSSR count). The normalized spacial score (nSPS) is 15.4. The third kappa shape index (κ3) is 4.81. The molecule has 1 amide bonds. The lowest BCUT2D eigenvalue weighted by molar-refractivity contribution is -0.123. The zero-order valence-electron chi connectivity index (χ0n) is 14.4. The van der Waals surface area contributed by atoms with Crippen LogP contribution in [0.2, 0.25) is 0 Å². The van der Waals surface area contributed by atoms with Gasteiger partial charge in [-0.15, -0.1) is 23.5 Å². The highest BCUT2D eigenvalue weighted by atomic mass is 32.2. The molecule has 0 unspecified atom stereocenters. The number of anilines is 1. The molecule has 8 heteroatoms. The van der Waals surface area contributed by atoms with Crippen molar-refractivity contribution in [3.8, 4) is 0 Å². The van der Waals surface area contributed by atoms with E-state index in [0.717, 1.165) is 29.2 Å². The van der Waals surface area contributed by atoms with Crippen molar-refractivity contribution in [2.75, 3.05) is 16.8 Å². The number of hydrogen-bond donors (Lipinski definition) is 1. The molecule has 1 fully saturated rings. The fourth-order valence-electron chi connectivity index (χ4n) is 2.45. The Morgan fingerprint density at radius 3 is 2.26 bits per heavy atom. The molecule has 0 radical (unpaired) electrons. The van der Waals surface area contributed by atoms with Gasteiger partial charge in [0.05, 0.1) is 10.1 Å². The lowest BCUT2D eigenvalue weighted by atomic mass is 10.1. The number of para-hydroxylation sites is 1. The van der Waals surface area contributed by atoms with Crippen LogP contribution in [-0.2, 0) is 9.53 Å². The number of rotatable bonds is 5. The quantitative estimate of drug-likeness (QED) is 0.730. The number of halogens is 2. The Hall–Kier alpha value is -2.06. The van der Waals surface area contributed by atoms with E-state index in [-0.39, 0.29) is 0 Å². The first kappa shape index (κ1) is 19.7. The predicted octanol–water partition coefficient (Wildman–Crippen LogP) is 4.63. The molecule has 0 aliphatic carbocycles. The van der Waals surface area contributed by atoms with Crippen molar-refractivity contribution in [1.29, 1.82) is 0 Å². The van der Waals surface area contributed by atoms with Crippen molar-refractivity contribution in [1.82, 2.24) is 0 Å². The van der Waals surface area contributed by atoms with Gasteiger partial charge < -0.3 is 10.1 Å². The summed E-state index contributed by atoms with van der Waals surface area (Å²) >= 11 is 3.72. The topological polar surface area (TPSA) is 55.4 Å². The molecule has 0 saturated carbocycles. The Bertz CT molecular complexity index is 819. The molecular weight excluding hydrogens is 392 g/mol. The summed E-state index contributed by atoms with van der Waals surface area (Å²) in [6.07, 6.45) is -1.21. The lowest BCUT2D eigenvalue weighted by Crippen LogP contribution is -2.30. The van der Waals surface area contributed by atoms with Gasteiger partial charge in [0, 0.05) is 11.5 Å². The van der Waals surface area contributed by atoms with E-state index in [4.69, 9.17) is 4.74 Å². The fraction of sp³-hybridized carbons (Fsp3) is 0.263. The van der Waals surface area contributed by atoms with Crippen molar-refractivity contribution in [3.05, 3.63) is 65.2 Å². The summed E-state index contributed by atoms with van der Waals surface area (Å²) in [5.41, 5.74) is 0.865. The van der Waals surface area contributed by atoms with E-state index >= 15 is 0 Å². The van der Waals surface area contributed by atoms with Crippen LogP contribution in [0.5, 0.6) is 0 Å². The zero-order valence-corrected chi connectivity index (χ0v) is 16.0. The van der Waals surface area contributed by atoms with Gasteiger partial charge in [-0.25, -0.2) is 13.6 Å². The van der Waals surface area contributed by atoms with Crippen molar-refractivity contribution in [3.63, 3.8) is 0 Å². The second-order valence-corrected chi connectivity index (χ2v) is 8.55. The standard InChI is InChI=1S/C19H17F2NO3S2/c1-11(17(23)22-16-14(20)3-2-4-15(16)21)25-18(24)12-5-7-13(8-6-12)19-26-9-10-27-19/h2-8,11,19H,9-10H2,1H3,(H,22,23)/t11-/m0/s1. The molecule has 4 nitrogen and oxygen atoms in total. The van der Waals surface area contributed by atoms with Crippen LogP contribution in [0.1, 0.15) is 27.4 Å². The largest absolute Gasteiger partial charge is 0.449 e. The number of hydrogen-bond acceptors (Lipinski definition) is 5. The number of esters is 1. The predicted molar refractivity (Wildman–Crippen MR) is 104 cm³/mol. The van der Waals surface area contributed by atoms with Crippen LogP contribution < -0.4 is 5.32 Å². The van der Waals surface area contributed by atoms with Crippen molar-refractivity contribution >= 4 is 41.1 Å². The smallest absolute Gasteiger partial charge is 0.338 e. The summed E-state index contributed by atoms with van der Waals surface area (Å²) in [4.78, 5) is 24.3. The van der Waals surface area contributed by atoms with Crippen molar-refractivity contribution in [2.24, 2.45) is 0 Å². The Kier molecular flexibility index (Phi) is 6.38. The van der Waals surface area contributed by atoms with Gasteiger partial charge in [0.2, 0.25) is 0 Å². The van der Waals surface area contributed by atoms with Crippen LogP contribution in [0.4, 0.5) is 14.5 Å². The summed E-state index contributed by atoms with van der Waals surface area (Å²) in [6, 6.07) is 10.3. The van der Waals surface area contributed by atoms with Gasteiger partial charge in [0.25, 0.3) is 5.91 Å². The second-order valence-electron chi connectivity index (χ2n) is 5.83. The first-order valence-corrected chi connectivity index (χ1v) is 10.3. The summed E-state index contributed by atoms with van der Waals surface area (Å²) < 4.78 is 32.7. The van der Waals surface area contributed by atoms with Gasteiger partial charge in [0.1, 0.15) is 17.3 Å². The summed E-state index contributed by atoms with van der Waals surface area (Å²) in [6.45, 7) is 1.34. The number of carbonyl (C=O) groups excluding carboxylic acids is 2. The SMILES string of the molecule is C[C@H](OC(=O)c1ccc(C2SCCS2)cc1)C(=O)Nc1c(F)cccc1F. The van der Waals surface area contributed by atoms with Gasteiger partial charge >= 0.3 is 5.97 Å². The van der Waals surface area contributed by atoms with Gasteiger partial charge in [-0.1, -0.05) is 18.2 Å². The van der Waals surface area contributed by atoms with Crippen LogP contribution in [0, 0.1) is 11.6 Å². The van der Waals surface area contributed by atoms with Gasteiger partial charge in [-0.2, -0.15) is 0 Å². The highest BCUT2D eigenvalue weighted by Gasteiger charge is 2.22.